The van der Waals surface area contributed by atoms with Gasteiger partial charge in [0.2, 0.25) is 0 Å². The van der Waals surface area contributed by atoms with Gasteiger partial charge in [-0.1, -0.05) is 0 Å². The minimum atomic E-state index is -1.75. The standard InChI is InChI=1S/Cu.2NO3.HNO2/c;2*2-1(3)4;2-1-3/h;;;(H,2,3)/q+2;2*-1;. The number of nitrogens with zero attached hydrogens (tertiary/aromatic N) is 3. The van der Waals surface area contributed by atoms with Crippen LogP contribution in [0.25, 0.3) is 0 Å². The summed E-state index contributed by atoms with van der Waals surface area (Å²) in [6.07, 6.45) is 0. The molecule has 0 aliphatic carbocycles. The monoisotopic (exact) mass is 234 g/mol. The first-order valence-electron chi connectivity index (χ1n) is 1.48. The predicted molar refractivity (Wildman–Crippen MR) is 28.3 cm³/mol. The largest absolute Gasteiger partial charge is 2.00 e. The molecule has 75 valence electrons. The summed E-state index contributed by atoms with van der Waals surface area (Å²) in [6, 6.07) is 0. The van der Waals surface area contributed by atoms with Crippen LogP contribution in [0.4, 0.5) is 0 Å². The zero-order valence-corrected chi connectivity index (χ0v) is 5.89. The van der Waals surface area contributed by atoms with Crippen molar-refractivity contribution in [2.45, 2.75) is 0 Å². The van der Waals surface area contributed by atoms with Crippen LogP contribution in [0.2, 0.25) is 0 Å². The van der Waals surface area contributed by atoms with E-state index in [2.05, 4.69) is 0 Å². The Morgan fingerprint density at radius 2 is 1.00 bits per heavy atom. The van der Waals surface area contributed by atoms with Crippen LogP contribution in [0.5, 0.6) is 0 Å². The molecule has 0 aromatic heterocycles. The van der Waals surface area contributed by atoms with E-state index in [1.54, 1.807) is 0 Å². The molecule has 0 spiro atoms. The summed E-state index contributed by atoms with van der Waals surface area (Å²) in [7, 11) is 0. The van der Waals surface area contributed by atoms with Gasteiger partial charge in [-0.2, -0.15) is 0 Å². The Bertz CT molecular complexity index is 101. The maximum atomic E-state index is 8.25. The topological polar surface area (TPSA) is 182 Å². The third kappa shape index (κ3) is 158. The quantitative estimate of drug-likeness (QED) is 0.255. The van der Waals surface area contributed by atoms with E-state index < -0.39 is 10.2 Å². The van der Waals surface area contributed by atoms with Gasteiger partial charge in [0, 0.05) is 0 Å². The van der Waals surface area contributed by atoms with Crippen molar-refractivity contribution in [1.29, 1.82) is 0 Å². The Balaban J connectivity index is -0.0000000389. The molecule has 1 radical (unpaired) electrons. The third-order valence-electron chi connectivity index (χ3n) is 0. The summed E-state index contributed by atoms with van der Waals surface area (Å²) in [5.74, 6) is 0. The summed E-state index contributed by atoms with van der Waals surface area (Å²) in [6.45, 7) is 0. The number of rotatable bonds is 0. The molecular formula is HCuN3O8. The van der Waals surface area contributed by atoms with Crippen molar-refractivity contribution in [1.82, 2.24) is 0 Å². The van der Waals surface area contributed by atoms with E-state index in [4.69, 9.17) is 40.8 Å². The SMILES string of the molecule is O=NO.O=[N+]([O-])[O-].O=[N+]([O-])[O-].[Cu+2]. The average Bonchev–Trinajstić information content (AvgIpc) is 1.60. The van der Waals surface area contributed by atoms with E-state index in [0.717, 1.165) is 0 Å². The first kappa shape index (κ1) is 22.4. The van der Waals surface area contributed by atoms with Gasteiger partial charge in [-0.3, -0.25) is 0 Å². The molecule has 0 bridgehead atoms. The molecular weight excluding hydrogens is 234 g/mol. The van der Waals surface area contributed by atoms with Crippen LogP contribution in [-0.4, -0.2) is 15.4 Å². The van der Waals surface area contributed by atoms with E-state index in [1.165, 1.54) is 5.34 Å². The maximum absolute atomic E-state index is 8.25. The molecule has 0 fully saturated rings. The van der Waals surface area contributed by atoms with E-state index in [0.29, 0.717) is 0 Å². The molecule has 0 amide bonds. The second kappa shape index (κ2) is 22.8. The van der Waals surface area contributed by atoms with Gasteiger partial charge in [0.25, 0.3) is 0 Å². The summed E-state index contributed by atoms with van der Waals surface area (Å²) >= 11 is 0. The first-order valence-corrected chi connectivity index (χ1v) is 1.48. The summed E-state index contributed by atoms with van der Waals surface area (Å²) in [5.41, 5.74) is 0. The fraction of sp³-hybridized carbons (Fsp3) is 0. The summed E-state index contributed by atoms with van der Waals surface area (Å²) < 4.78 is 0. The predicted octanol–water partition coefficient (Wildman–Crippen LogP) is -0.339. The van der Waals surface area contributed by atoms with Gasteiger partial charge in [0.15, 0.2) is 5.34 Å². The van der Waals surface area contributed by atoms with Gasteiger partial charge in [-0.15, -0.1) is 4.91 Å². The molecule has 0 aliphatic rings. The van der Waals surface area contributed by atoms with Gasteiger partial charge >= 0.3 is 17.1 Å². The van der Waals surface area contributed by atoms with Gasteiger partial charge in [-0.25, -0.2) is 0 Å². The Kier molecular flexibility index (Phi) is 42.6. The Labute approximate surface area is 74.2 Å². The van der Waals surface area contributed by atoms with Gasteiger partial charge in [-0.05, 0) is 0 Å². The Morgan fingerprint density at radius 3 is 1.00 bits per heavy atom. The van der Waals surface area contributed by atoms with Crippen molar-refractivity contribution >= 4 is 0 Å². The Morgan fingerprint density at radius 1 is 1.00 bits per heavy atom. The number of hydrogen-bond donors (Lipinski definition) is 1. The van der Waals surface area contributed by atoms with Crippen molar-refractivity contribution in [3.8, 4) is 0 Å². The molecule has 12 heteroatoms. The van der Waals surface area contributed by atoms with E-state index in [9.17, 15) is 0 Å². The van der Waals surface area contributed by atoms with Crippen LogP contribution in [0.1, 0.15) is 0 Å². The number of hydrogen-bond acceptors (Lipinski definition) is 8. The smallest absolute Gasteiger partial charge is 0.379 e. The molecule has 0 heterocycles. The van der Waals surface area contributed by atoms with Crippen LogP contribution >= 0.6 is 0 Å². The zero-order chi connectivity index (χ0) is 9.86. The normalized spacial score (nSPS) is 5.00. The van der Waals surface area contributed by atoms with Gasteiger partial charge < -0.3 is 35.9 Å². The van der Waals surface area contributed by atoms with Gasteiger partial charge in [0.05, 0.1) is 10.2 Å². The zero-order valence-electron chi connectivity index (χ0n) is 4.95. The van der Waals surface area contributed by atoms with Gasteiger partial charge in [0.1, 0.15) is 0 Å². The molecule has 0 unspecified atom stereocenters. The van der Waals surface area contributed by atoms with E-state index in [-0.39, 0.29) is 17.1 Å². The minimum Gasteiger partial charge on any atom is -0.379 e. The third-order valence-corrected chi connectivity index (χ3v) is 0. The molecule has 0 atom stereocenters. The average molecular weight is 235 g/mol. The molecule has 0 aliphatic heterocycles. The fourth-order valence-corrected chi connectivity index (χ4v) is 0. The molecule has 0 saturated heterocycles. The van der Waals surface area contributed by atoms with E-state index >= 15 is 0 Å². The van der Waals surface area contributed by atoms with Crippen molar-refractivity contribution in [3.63, 3.8) is 0 Å². The first-order chi connectivity index (χ1) is 4.88. The van der Waals surface area contributed by atoms with Crippen molar-refractivity contribution in [2.75, 3.05) is 0 Å². The molecule has 1 N–H and O–H groups in total. The molecule has 0 aromatic carbocycles. The summed E-state index contributed by atoms with van der Waals surface area (Å²) in [4.78, 5) is 24.6. The second-order valence-corrected chi connectivity index (χ2v) is 0.529. The van der Waals surface area contributed by atoms with Crippen LogP contribution in [-0.2, 0) is 17.1 Å². The fourth-order valence-electron chi connectivity index (χ4n) is 0. The van der Waals surface area contributed by atoms with Crippen LogP contribution in [0.15, 0.2) is 5.34 Å². The molecule has 0 rings (SSSR count). The van der Waals surface area contributed by atoms with Crippen molar-refractivity contribution in [3.05, 3.63) is 35.6 Å². The maximum Gasteiger partial charge on any atom is 2.00 e. The molecule has 12 heavy (non-hydrogen) atoms. The molecule has 0 saturated carbocycles. The summed E-state index contributed by atoms with van der Waals surface area (Å²) in [5, 5.41) is 37.4. The van der Waals surface area contributed by atoms with Crippen LogP contribution in [0.3, 0.4) is 0 Å². The minimum absolute atomic E-state index is 0. The molecule has 11 nitrogen and oxygen atoms in total. The molecule has 0 aromatic rings. The second-order valence-electron chi connectivity index (χ2n) is 0.529. The van der Waals surface area contributed by atoms with Crippen molar-refractivity contribution in [2.24, 2.45) is 5.34 Å². The Hall–Kier alpha value is -1.68. The van der Waals surface area contributed by atoms with Crippen LogP contribution < -0.4 is 0 Å². The van der Waals surface area contributed by atoms with Crippen LogP contribution in [0, 0.1) is 35.6 Å². The van der Waals surface area contributed by atoms with Crippen molar-refractivity contribution < 1.29 is 32.4 Å². The van der Waals surface area contributed by atoms with E-state index in [1.807, 2.05) is 0 Å².